The van der Waals surface area contributed by atoms with Crippen molar-refractivity contribution in [3.05, 3.63) is 48.1 Å². The molecule has 0 aliphatic heterocycles. The van der Waals surface area contributed by atoms with Gasteiger partial charge in [-0.2, -0.15) is 0 Å². The summed E-state index contributed by atoms with van der Waals surface area (Å²) in [7, 11) is 0. The van der Waals surface area contributed by atoms with E-state index in [2.05, 4.69) is 45.2 Å². The Balaban J connectivity index is 2.36. The van der Waals surface area contributed by atoms with Gasteiger partial charge in [-0.05, 0) is 106 Å². The zero-order valence-electron chi connectivity index (χ0n) is 11.8. The van der Waals surface area contributed by atoms with E-state index in [1.165, 1.54) is 0 Å². The van der Waals surface area contributed by atoms with E-state index in [9.17, 15) is 5.11 Å². The van der Waals surface area contributed by atoms with E-state index in [1.54, 1.807) is 0 Å². The fourth-order valence-electron chi connectivity index (χ4n) is 2.08. The highest BCUT2D eigenvalue weighted by Crippen LogP contribution is 2.35. The second-order valence-corrected chi connectivity index (χ2v) is 7.19. The average Bonchev–Trinajstić information content (AvgIpc) is 2.40. The molecular weight excluding hydrogens is 494 g/mol. The van der Waals surface area contributed by atoms with Gasteiger partial charge in [0, 0.05) is 6.61 Å². The number of rotatable bonds is 4. The standard InChI is InChI=1S/C16H16I2O3/c1-9-5-12(6-10(2)15(9)20)21-16-13(17)7-11(3-4-19)8-14(16)18/h5-8,19-20H,3-4H2,1-2H3. The Morgan fingerprint density at radius 1 is 1.00 bits per heavy atom. The zero-order chi connectivity index (χ0) is 15.6. The number of phenolic OH excluding ortho intramolecular Hbond substituents is 1. The monoisotopic (exact) mass is 510 g/mol. The van der Waals surface area contributed by atoms with Crippen LogP contribution in [0.2, 0.25) is 0 Å². The molecule has 2 aromatic rings. The van der Waals surface area contributed by atoms with Crippen molar-refractivity contribution in [1.29, 1.82) is 0 Å². The minimum atomic E-state index is 0.142. The second kappa shape index (κ2) is 7.15. The van der Waals surface area contributed by atoms with Crippen LogP contribution in [0.5, 0.6) is 17.2 Å². The van der Waals surface area contributed by atoms with Crippen molar-refractivity contribution in [2.24, 2.45) is 0 Å². The molecule has 0 unspecified atom stereocenters. The molecule has 5 heteroatoms. The summed E-state index contributed by atoms with van der Waals surface area (Å²) in [6.07, 6.45) is 0.643. The highest BCUT2D eigenvalue weighted by Gasteiger charge is 2.12. The molecule has 0 aliphatic carbocycles. The summed E-state index contributed by atoms with van der Waals surface area (Å²) < 4.78 is 8.01. The second-order valence-electron chi connectivity index (χ2n) is 4.87. The fraction of sp³-hybridized carbons (Fsp3) is 0.250. The molecule has 0 radical (unpaired) electrons. The summed E-state index contributed by atoms with van der Waals surface area (Å²) in [5, 5.41) is 18.9. The van der Waals surface area contributed by atoms with Gasteiger partial charge in [-0.15, -0.1) is 0 Å². The summed E-state index contributed by atoms with van der Waals surface area (Å²) in [5.41, 5.74) is 2.69. The van der Waals surface area contributed by atoms with Crippen molar-refractivity contribution in [2.75, 3.05) is 6.61 Å². The van der Waals surface area contributed by atoms with Gasteiger partial charge in [0.25, 0.3) is 0 Å². The van der Waals surface area contributed by atoms with Crippen LogP contribution in [0.1, 0.15) is 16.7 Å². The molecule has 0 amide bonds. The largest absolute Gasteiger partial charge is 0.507 e. The maximum atomic E-state index is 9.82. The van der Waals surface area contributed by atoms with Crippen molar-refractivity contribution < 1.29 is 14.9 Å². The molecule has 0 heterocycles. The van der Waals surface area contributed by atoms with Crippen LogP contribution in [0.3, 0.4) is 0 Å². The van der Waals surface area contributed by atoms with Crippen LogP contribution in [0.15, 0.2) is 24.3 Å². The van der Waals surface area contributed by atoms with Gasteiger partial charge in [-0.1, -0.05) is 0 Å². The summed E-state index contributed by atoms with van der Waals surface area (Å²) in [6.45, 7) is 3.85. The minimum absolute atomic E-state index is 0.142. The first-order valence-corrected chi connectivity index (χ1v) is 8.65. The maximum Gasteiger partial charge on any atom is 0.154 e. The molecule has 0 atom stereocenters. The lowest BCUT2D eigenvalue weighted by molar-refractivity contribution is 0.299. The third kappa shape index (κ3) is 4.01. The molecule has 0 saturated heterocycles. The molecule has 21 heavy (non-hydrogen) atoms. The van der Waals surface area contributed by atoms with E-state index in [4.69, 9.17) is 9.84 Å². The third-order valence-corrected chi connectivity index (χ3v) is 4.75. The Kier molecular flexibility index (Phi) is 5.73. The smallest absolute Gasteiger partial charge is 0.154 e. The Morgan fingerprint density at radius 3 is 2.00 bits per heavy atom. The van der Waals surface area contributed by atoms with Crippen molar-refractivity contribution in [3.8, 4) is 17.2 Å². The molecule has 2 rings (SSSR count). The van der Waals surface area contributed by atoms with Gasteiger partial charge in [-0.3, -0.25) is 0 Å². The van der Waals surface area contributed by atoms with Crippen molar-refractivity contribution >= 4 is 45.2 Å². The highest BCUT2D eigenvalue weighted by atomic mass is 127. The molecule has 0 fully saturated rings. The summed E-state index contributed by atoms with van der Waals surface area (Å²) in [5.74, 6) is 1.83. The minimum Gasteiger partial charge on any atom is -0.507 e. The van der Waals surface area contributed by atoms with Crippen LogP contribution in [0.25, 0.3) is 0 Å². The molecule has 0 spiro atoms. The van der Waals surface area contributed by atoms with Crippen molar-refractivity contribution in [2.45, 2.75) is 20.3 Å². The van der Waals surface area contributed by atoms with E-state index < -0.39 is 0 Å². The van der Waals surface area contributed by atoms with Gasteiger partial charge in [0.05, 0.1) is 7.14 Å². The zero-order valence-corrected chi connectivity index (χ0v) is 16.1. The summed E-state index contributed by atoms with van der Waals surface area (Å²) in [6, 6.07) is 7.70. The number of aryl methyl sites for hydroxylation is 2. The first-order valence-electron chi connectivity index (χ1n) is 6.49. The predicted molar refractivity (Wildman–Crippen MR) is 100 cm³/mol. The number of phenols is 1. The molecule has 3 nitrogen and oxygen atoms in total. The Labute approximate surface area is 151 Å². The molecule has 2 N–H and O–H groups in total. The lowest BCUT2D eigenvalue weighted by Gasteiger charge is -2.13. The van der Waals surface area contributed by atoms with E-state index in [0.29, 0.717) is 17.9 Å². The third-order valence-electron chi connectivity index (χ3n) is 3.14. The molecule has 112 valence electrons. The SMILES string of the molecule is Cc1cc(Oc2c(I)cc(CCO)cc2I)cc(C)c1O. The van der Waals surface area contributed by atoms with Crippen LogP contribution in [0.4, 0.5) is 0 Å². The number of aliphatic hydroxyl groups excluding tert-OH is 1. The van der Waals surface area contributed by atoms with Crippen molar-refractivity contribution in [3.63, 3.8) is 0 Å². The van der Waals surface area contributed by atoms with Gasteiger partial charge in [-0.25, -0.2) is 0 Å². The van der Waals surface area contributed by atoms with Gasteiger partial charge in [0.15, 0.2) is 5.75 Å². The molecule has 0 saturated carbocycles. The highest BCUT2D eigenvalue weighted by molar-refractivity contribution is 14.1. The van der Waals surface area contributed by atoms with Gasteiger partial charge in [0.2, 0.25) is 0 Å². The van der Waals surface area contributed by atoms with E-state index in [1.807, 2.05) is 38.1 Å². The molecular formula is C16H16I2O3. The Morgan fingerprint density at radius 2 is 1.52 bits per heavy atom. The van der Waals surface area contributed by atoms with Gasteiger partial charge in [0.1, 0.15) is 11.5 Å². The first kappa shape index (κ1) is 16.8. The van der Waals surface area contributed by atoms with Gasteiger partial charge >= 0.3 is 0 Å². The van der Waals surface area contributed by atoms with Crippen LogP contribution >= 0.6 is 45.2 Å². The Bertz CT molecular complexity index is 623. The number of ether oxygens (including phenoxy) is 1. The van der Waals surface area contributed by atoms with Crippen LogP contribution in [-0.4, -0.2) is 16.8 Å². The summed E-state index contributed by atoms with van der Waals surface area (Å²) >= 11 is 4.48. The molecule has 0 bridgehead atoms. The predicted octanol–water partition coefficient (Wildman–Crippen LogP) is 4.55. The molecule has 0 aromatic heterocycles. The number of benzene rings is 2. The van der Waals surface area contributed by atoms with Crippen LogP contribution in [0, 0.1) is 21.0 Å². The Hall–Kier alpha value is -0.540. The van der Waals surface area contributed by atoms with Gasteiger partial charge < -0.3 is 14.9 Å². The van der Waals surface area contributed by atoms with E-state index in [0.717, 1.165) is 29.6 Å². The summed E-state index contributed by atoms with van der Waals surface area (Å²) in [4.78, 5) is 0. The first-order chi connectivity index (χ1) is 9.92. The van der Waals surface area contributed by atoms with Crippen LogP contribution < -0.4 is 4.74 Å². The fourth-order valence-corrected chi connectivity index (χ4v) is 4.19. The van der Waals surface area contributed by atoms with Crippen molar-refractivity contribution in [1.82, 2.24) is 0 Å². The molecule has 2 aromatic carbocycles. The quantitative estimate of drug-likeness (QED) is 0.595. The number of hydrogen-bond donors (Lipinski definition) is 2. The van der Waals surface area contributed by atoms with E-state index >= 15 is 0 Å². The average molecular weight is 510 g/mol. The maximum absolute atomic E-state index is 9.82. The number of halogens is 2. The number of aliphatic hydroxyl groups is 1. The number of hydrogen-bond acceptors (Lipinski definition) is 3. The topological polar surface area (TPSA) is 49.7 Å². The molecule has 0 aliphatic rings. The lowest BCUT2D eigenvalue weighted by atomic mass is 10.1. The lowest BCUT2D eigenvalue weighted by Crippen LogP contribution is -1.97. The number of aromatic hydroxyl groups is 1. The van der Waals surface area contributed by atoms with E-state index in [-0.39, 0.29) is 6.61 Å². The van der Waals surface area contributed by atoms with Crippen LogP contribution in [-0.2, 0) is 6.42 Å². The normalized spacial score (nSPS) is 10.7.